The van der Waals surface area contributed by atoms with Crippen molar-refractivity contribution in [2.45, 2.75) is 12.8 Å². The third kappa shape index (κ3) is 3.27. The molecule has 1 saturated heterocycles. The smallest absolute Gasteiger partial charge is 0.225 e. The van der Waals surface area contributed by atoms with Gasteiger partial charge in [0.1, 0.15) is 12.2 Å². The number of nitrogens with zero attached hydrogens (tertiary/aromatic N) is 3. The minimum atomic E-state index is -0.311. The Bertz CT molecular complexity index is 598. The lowest BCUT2D eigenvalue weighted by atomic mass is 9.97. The number of furan rings is 1. The van der Waals surface area contributed by atoms with E-state index in [1.165, 1.54) is 0 Å². The first-order valence-electron chi connectivity index (χ1n) is 7.20. The van der Waals surface area contributed by atoms with E-state index in [-0.39, 0.29) is 12.0 Å². The van der Waals surface area contributed by atoms with Crippen molar-refractivity contribution in [3.63, 3.8) is 0 Å². The first-order chi connectivity index (χ1) is 10.3. The van der Waals surface area contributed by atoms with Crippen LogP contribution in [0.15, 0.2) is 16.7 Å². The van der Waals surface area contributed by atoms with Gasteiger partial charge >= 0.3 is 0 Å². The quantitative estimate of drug-likeness (QED) is 0.679. The summed E-state index contributed by atoms with van der Waals surface area (Å²) in [7, 11) is 0. The summed E-state index contributed by atoms with van der Waals surface area (Å²) in [4.78, 5) is 10.6. The van der Waals surface area contributed by atoms with Crippen LogP contribution in [0.2, 0.25) is 5.28 Å². The van der Waals surface area contributed by atoms with E-state index in [9.17, 15) is 4.39 Å². The number of rotatable bonds is 5. The highest BCUT2D eigenvalue weighted by Crippen LogP contribution is 2.29. The van der Waals surface area contributed by atoms with Gasteiger partial charge in [0.15, 0.2) is 11.4 Å². The third-order valence-electron chi connectivity index (χ3n) is 3.88. The highest BCUT2D eigenvalue weighted by molar-refractivity contribution is 6.28. The summed E-state index contributed by atoms with van der Waals surface area (Å²) >= 11 is 5.98. The van der Waals surface area contributed by atoms with E-state index in [0.29, 0.717) is 18.0 Å². The second-order valence-electron chi connectivity index (χ2n) is 5.27. The standard InChI is InChI=1S/C14H18ClFN4O/c15-14-18-11-3-8-21-12(11)13(19-14)20-6-1-10(2-7-20)9-17-5-4-16/h3,8,10,17H,1-2,4-7,9H2. The maximum absolute atomic E-state index is 12.1. The van der Waals surface area contributed by atoms with Gasteiger partial charge in [-0.2, -0.15) is 4.98 Å². The normalized spacial score (nSPS) is 16.8. The lowest BCUT2D eigenvalue weighted by molar-refractivity contribution is 0.369. The lowest BCUT2D eigenvalue weighted by Crippen LogP contribution is -2.38. The number of halogens is 2. The van der Waals surface area contributed by atoms with E-state index in [0.717, 1.165) is 43.8 Å². The van der Waals surface area contributed by atoms with Crippen LogP contribution in [-0.4, -0.2) is 42.8 Å². The van der Waals surface area contributed by atoms with Gasteiger partial charge in [-0.3, -0.25) is 0 Å². The molecule has 0 bridgehead atoms. The van der Waals surface area contributed by atoms with Crippen LogP contribution in [0.4, 0.5) is 10.2 Å². The monoisotopic (exact) mass is 312 g/mol. The van der Waals surface area contributed by atoms with Gasteiger partial charge in [-0.1, -0.05) is 0 Å². The molecular weight excluding hydrogens is 295 g/mol. The molecule has 1 aliphatic heterocycles. The molecule has 3 heterocycles. The van der Waals surface area contributed by atoms with E-state index < -0.39 is 0 Å². The summed E-state index contributed by atoms with van der Waals surface area (Å²) in [5, 5.41) is 3.38. The highest BCUT2D eigenvalue weighted by atomic mass is 35.5. The molecule has 21 heavy (non-hydrogen) atoms. The zero-order valence-electron chi connectivity index (χ0n) is 11.7. The van der Waals surface area contributed by atoms with Crippen LogP contribution in [0.5, 0.6) is 0 Å². The number of anilines is 1. The fourth-order valence-corrected chi connectivity index (χ4v) is 2.93. The fourth-order valence-electron chi connectivity index (χ4n) is 2.76. The SMILES string of the molecule is FCCNCC1CCN(c2nc(Cl)nc3ccoc23)CC1. The van der Waals surface area contributed by atoms with Crippen molar-refractivity contribution in [2.24, 2.45) is 5.92 Å². The average molecular weight is 313 g/mol. The van der Waals surface area contributed by atoms with Gasteiger partial charge in [0, 0.05) is 25.7 Å². The number of piperidine rings is 1. The van der Waals surface area contributed by atoms with Crippen molar-refractivity contribution in [2.75, 3.05) is 37.8 Å². The minimum Gasteiger partial charge on any atom is -0.459 e. The molecule has 1 aliphatic rings. The molecule has 7 heteroatoms. The number of aromatic nitrogens is 2. The van der Waals surface area contributed by atoms with Gasteiger partial charge in [0.25, 0.3) is 0 Å². The van der Waals surface area contributed by atoms with Crippen molar-refractivity contribution >= 4 is 28.5 Å². The molecule has 2 aromatic rings. The van der Waals surface area contributed by atoms with E-state index in [4.69, 9.17) is 16.0 Å². The number of nitrogens with one attached hydrogen (secondary N) is 1. The molecule has 3 rings (SSSR count). The largest absolute Gasteiger partial charge is 0.459 e. The molecule has 5 nitrogen and oxygen atoms in total. The molecule has 2 aromatic heterocycles. The van der Waals surface area contributed by atoms with Crippen LogP contribution in [0.3, 0.4) is 0 Å². The highest BCUT2D eigenvalue weighted by Gasteiger charge is 2.23. The van der Waals surface area contributed by atoms with Crippen LogP contribution >= 0.6 is 11.6 Å². The molecule has 1 fully saturated rings. The Morgan fingerprint density at radius 3 is 2.95 bits per heavy atom. The van der Waals surface area contributed by atoms with Crippen molar-refractivity contribution < 1.29 is 8.81 Å². The Hall–Kier alpha value is -1.40. The molecule has 0 aliphatic carbocycles. The van der Waals surface area contributed by atoms with Gasteiger partial charge in [0.2, 0.25) is 5.28 Å². The molecule has 0 spiro atoms. The van der Waals surface area contributed by atoms with E-state index in [2.05, 4.69) is 20.2 Å². The van der Waals surface area contributed by atoms with Crippen molar-refractivity contribution in [3.05, 3.63) is 17.6 Å². The van der Waals surface area contributed by atoms with Crippen molar-refractivity contribution in [1.29, 1.82) is 0 Å². The van der Waals surface area contributed by atoms with E-state index in [1.54, 1.807) is 12.3 Å². The Kier molecular flexibility index (Phi) is 4.55. The van der Waals surface area contributed by atoms with Gasteiger partial charge in [-0.15, -0.1) is 0 Å². The Morgan fingerprint density at radius 2 is 2.19 bits per heavy atom. The van der Waals surface area contributed by atoms with E-state index in [1.807, 2.05) is 0 Å². The molecule has 0 saturated carbocycles. The molecule has 114 valence electrons. The maximum Gasteiger partial charge on any atom is 0.225 e. The lowest BCUT2D eigenvalue weighted by Gasteiger charge is -2.32. The van der Waals surface area contributed by atoms with E-state index >= 15 is 0 Å². The Balaban J connectivity index is 1.67. The summed E-state index contributed by atoms with van der Waals surface area (Å²) in [6.07, 6.45) is 3.69. The molecule has 0 radical (unpaired) electrons. The summed E-state index contributed by atoms with van der Waals surface area (Å²) in [6.45, 7) is 2.79. The first kappa shape index (κ1) is 14.5. The molecule has 0 aromatic carbocycles. The molecule has 1 N–H and O–H groups in total. The van der Waals surface area contributed by atoms with Gasteiger partial charge in [0.05, 0.1) is 6.26 Å². The zero-order chi connectivity index (χ0) is 14.7. The first-order valence-corrected chi connectivity index (χ1v) is 7.58. The Labute approximate surface area is 127 Å². The molecular formula is C14H18ClFN4O. The van der Waals surface area contributed by atoms with Gasteiger partial charge in [-0.05, 0) is 36.9 Å². The fraction of sp³-hybridized carbons (Fsp3) is 0.571. The summed E-state index contributed by atoms with van der Waals surface area (Å²) in [5.74, 6) is 1.35. The minimum absolute atomic E-state index is 0.241. The van der Waals surface area contributed by atoms with Crippen LogP contribution in [0.25, 0.3) is 11.1 Å². The average Bonchev–Trinajstić information content (AvgIpc) is 2.95. The van der Waals surface area contributed by atoms with Crippen LogP contribution < -0.4 is 10.2 Å². The predicted molar refractivity (Wildman–Crippen MR) is 80.6 cm³/mol. The second-order valence-corrected chi connectivity index (χ2v) is 5.61. The summed E-state index contributed by atoms with van der Waals surface area (Å²) in [5.41, 5.74) is 1.42. The molecule has 0 amide bonds. The second kappa shape index (κ2) is 6.58. The van der Waals surface area contributed by atoms with Crippen LogP contribution in [0.1, 0.15) is 12.8 Å². The Morgan fingerprint density at radius 1 is 1.38 bits per heavy atom. The number of alkyl halides is 1. The molecule has 0 unspecified atom stereocenters. The number of fused-ring (bicyclic) bond motifs is 1. The zero-order valence-corrected chi connectivity index (χ0v) is 12.4. The van der Waals surface area contributed by atoms with Gasteiger partial charge < -0.3 is 14.6 Å². The van der Waals surface area contributed by atoms with Crippen molar-refractivity contribution in [1.82, 2.24) is 15.3 Å². The topological polar surface area (TPSA) is 54.2 Å². The summed E-state index contributed by atoms with van der Waals surface area (Å²) in [6, 6.07) is 1.79. The predicted octanol–water partition coefficient (Wildman–Crippen LogP) is 2.65. The van der Waals surface area contributed by atoms with Crippen LogP contribution in [-0.2, 0) is 0 Å². The van der Waals surface area contributed by atoms with Crippen molar-refractivity contribution in [3.8, 4) is 0 Å². The van der Waals surface area contributed by atoms with Crippen LogP contribution in [0, 0.1) is 5.92 Å². The summed E-state index contributed by atoms with van der Waals surface area (Å²) < 4.78 is 17.6. The molecule has 0 atom stereocenters. The maximum atomic E-state index is 12.1. The number of hydrogen-bond donors (Lipinski definition) is 1. The third-order valence-corrected chi connectivity index (χ3v) is 4.05. The number of hydrogen-bond acceptors (Lipinski definition) is 5. The van der Waals surface area contributed by atoms with Gasteiger partial charge in [-0.25, -0.2) is 9.37 Å².